The Labute approximate surface area is 213 Å². The van der Waals surface area contributed by atoms with Crippen LogP contribution in [0.2, 0.25) is 0 Å². The first-order valence-corrected chi connectivity index (χ1v) is 12.8. The zero-order valence-corrected chi connectivity index (χ0v) is 21.4. The van der Waals surface area contributed by atoms with E-state index in [0.717, 1.165) is 49.1 Å². The van der Waals surface area contributed by atoms with Crippen molar-refractivity contribution in [2.75, 3.05) is 27.2 Å². The lowest BCUT2D eigenvalue weighted by atomic mass is 9.73. The van der Waals surface area contributed by atoms with Crippen LogP contribution < -0.4 is 5.73 Å². The quantitative estimate of drug-likeness (QED) is 0.306. The molecule has 0 radical (unpaired) electrons. The van der Waals surface area contributed by atoms with Gasteiger partial charge in [-0.15, -0.1) is 0 Å². The number of oxazole rings is 1. The molecular weight excluding hydrogens is 454 g/mol. The number of rotatable bonds is 11. The highest BCUT2D eigenvalue weighted by molar-refractivity contribution is 5.92. The van der Waals surface area contributed by atoms with Gasteiger partial charge in [0, 0.05) is 11.5 Å². The first kappa shape index (κ1) is 26.1. The second kappa shape index (κ2) is 11.4. The van der Waals surface area contributed by atoms with Gasteiger partial charge in [0.2, 0.25) is 11.8 Å². The van der Waals surface area contributed by atoms with Crippen molar-refractivity contribution in [1.82, 2.24) is 4.98 Å². The molecule has 0 aliphatic heterocycles. The molecule has 3 N–H and O–H groups in total. The molecule has 0 bridgehead atoms. The van der Waals surface area contributed by atoms with E-state index in [2.05, 4.69) is 19.1 Å². The third kappa shape index (κ3) is 6.22. The molecule has 7 nitrogen and oxygen atoms in total. The summed E-state index contributed by atoms with van der Waals surface area (Å²) in [5, 5.41) is 12.0. The molecule has 2 aromatic carbocycles. The number of primary amides is 1. The highest BCUT2D eigenvalue weighted by atomic mass is 16.5. The van der Waals surface area contributed by atoms with Crippen molar-refractivity contribution in [3.63, 3.8) is 0 Å². The Kier molecular flexibility index (Phi) is 8.24. The topological polar surface area (TPSA) is 98.6 Å². The molecule has 1 aliphatic rings. The van der Waals surface area contributed by atoms with Crippen LogP contribution in [0.25, 0.3) is 0 Å². The number of benzene rings is 2. The summed E-state index contributed by atoms with van der Waals surface area (Å²) in [6, 6.07) is 17.0. The summed E-state index contributed by atoms with van der Waals surface area (Å²) >= 11 is 0. The number of aromatic nitrogens is 1. The number of likely N-dealkylation sites (N-methyl/N-ethyl adjacent to an activating group) is 1. The van der Waals surface area contributed by atoms with E-state index in [-0.39, 0.29) is 5.92 Å². The first-order valence-electron chi connectivity index (χ1n) is 12.8. The molecule has 0 spiro atoms. The van der Waals surface area contributed by atoms with E-state index in [1.165, 1.54) is 6.42 Å². The smallest absolute Gasteiger partial charge is 0.248 e. The Morgan fingerprint density at radius 1 is 1.11 bits per heavy atom. The molecular formula is C29H38N3O4+. The monoisotopic (exact) mass is 492 g/mol. The highest BCUT2D eigenvalue weighted by Crippen LogP contribution is 2.43. The number of ether oxygens (including phenoxy) is 1. The molecule has 1 fully saturated rings. The Bertz CT molecular complexity index is 1120. The van der Waals surface area contributed by atoms with E-state index in [9.17, 15) is 9.90 Å². The lowest BCUT2D eigenvalue weighted by Crippen LogP contribution is -2.41. The van der Waals surface area contributed by atoms with Gasteiger partial charge >= 0.3 is 0 Å². The van der Waals surface area contributed by atoms with Crippen molar-refractivity contribution < 1.29 is 23.5 Å². The fraction of sp³-hybridized carbons (Fsp3) is 0.448. The normalized spacial score (nSPS) is 16.5. The molecule has 4 rings (SSSR count). The van der Waals surface area contributed by atoms with Gasteiger partial charge in [-0.3, -0.25) is 4.79 Å². The summed E-state index contributed by atoms with van der Waals surface area (Å²) < 4.78 is 12.8. The highest BCUT2D eigenvalue weighted by Gasteiger charge is 2.44. The maximum absolute atomic E-state index is 12.0. The minimum absolute atomic E-state index is 0.0908. The summed E-state index contributed by atoms with van der Waals surface area (Å²) in [5.74, 6) is 0.805. The minimum atomic E-state index is -1.22. The summed E-state index contributed by atoms with van der Waals surface area (Å²) in [4.78, 5) is 15.8. The summed E-state index contributed by atoms with van der Waals surface area (Å²) in [7, 11) is 4.25. The molecule has 1 heterocycles. The standard InChI is InChI=1S/C29H37N3O4/c1-32(2,17-18-35-21-22-13-15-23(16-14-22)27(30)33)20-26-19-31-28(36-26)29(34,24-9-5-3-6-10-24)25-11-7-4-8-12-25/h3,5-6,9-10,13-16,19,25,34H,4,7-8,11-12,17-18,20-21H2,1-2H3,(H-,30,33)/p+1. The van der Waals surface area contributed by atoms with Crippen LogP contribution in [0, 0.1) is 5.92 Å². The molecule has 36 heavy (non-hydrogen) atoms. The molecule has 7 heteroatoms. The fourth-order valence-corrected chi connectivity index (χ4v) is 5.07. The molecule has 192 valence electrons. The number of amides is 1. The zero-order chi connectivity index (χ0) is 25.6. The lowest BCUT2D eigenvalue weighted by Gasteiger charge is -2.36. The number of hydrogen-bond acceptors (Lipinski definition) is 5. The first-order chi connectivity index (χ1) is 17.3. The Morgan fingerprint density at radius 2 is 1.81 bits per heavy atom. The van der Waals surface area contributed by atoms with Crippen molar-refractivity contribution in [1.29, 1.82) is 0 Å². The van der Waals surface area contributed by atoms with Crippen molar-refractivity contribution in [3.05, 3.63) is 89.1 Å². The molecule has 1 aliphatic carbocycles. The van der Waals surface area contributed by atoms with Crippen LogP contribution >= 0.6 is 0 Å². The third-order valence-electron chi connectivity index (χ3n) is 7.22. The van der Waals surface area contributed by atoms with Crippen molar-refractivity contribution in [3.8, 4) is 0 Å². The average Bonchev–Trinajstić information content (AvgIpc) is 3.35. The molecule has 1 unspecified atom stereocenters. The number of nitrogens with two attached hydrogens (primary N) is 1. The van der Waals surface area contributed by atoms with Crippen LogP contribution in [0.3, 0.4) is 0 Å². The van der Waals surface area contributed by atoms with Crippen LogP contribution in [-0.4, -0.2) is 47.7 Å². The minimum Gasteiger partial charge on any atom is -0.436 e. The van der Waals surface area contributed by atoms with Gasteiger partial charge < -0.3 is 24.5 Å². The molecule has 1 saturated carbocycles. The SMILES string of the molecule is C[N+](C)(CCOCc1ccc(C(N)=O)cc1)Cc1cnc(C(O)(c2ccccc2)C2CCCCC2)o1. The summed E-state index contributed by atoms with van der Waals surface area (Å²) in [6.45, 7) is 2.46. The van der Waals surface area contributed by atoms with Gasteiger partial charge in [0.05, 0.1) is 33.5 Å². The van der Waals surface area contributed by atoms with Gasteiger partial charge in [-0.05, 0) is 36.1 Å². The van der Waals surface area contributed by atoms with Crippen molar-refractivity contribution in [2.24, 2.45) is 11.7 Å². The maximum atomic E-state index is 12.0. The fourth-order valence-electron chi connectivity index (χ4n) is 5.07. The molecule has 1 atom stereocenters. The second-order valence-electron chi connectivity index (χ2n) is 10.5. The van der Waals surface area contributed by atoms with Crippen LogP contribution in [0.1, 0.15) is 65.2 Å². The molecule has 1 amide bonds. The van der Waals surface area contributed by atoms with E-state index < -0.39 is 11.5 Å². The van der Waals surface area contributed by atoms with E-state index in [4.69, 9.17) is 14.9 Å². The van der Waals surface area contributed by atoms with E-state index in [1.54, 1.807) is 18.3 Å². The van der Waals surface area contributed by atoms with E-state index in [0.29, 0.717) is 35.7 Å². The van der Waals surface area contributed by atoms with Crippen LogP contribution in [0.4, 0.5) is 0 Å². The number of nitrogens with zero attached hydrogens (tertiary/aromatic N) is 2. The summed E-state index contributed by atoms with van der Waals surface area (Å²) in [5.41, 5.74) is 6.40. The predicted molar refractivity (Wildman–Crippen MR) is 138 cm³/mol. The number of carbonyl (C=O) groups excluding carboxylic acids is 1. The Balaban J connectivity index is 1.37. The van der Waals surface area contributed by atoms with E-state index >= 15 is 0 Å². The number of carbonyl (C=O) groups is 1. The van der Waals surface area contributed by atoms with Crippen molar-refractivity contribution in [2.45, 2.75) is 50.9 Å². The predicted octanol–water partition coefficient (Wildman–Crippen LogP) is 4.38. The lowest BCUT2D eigenvalue weighted by molar-refractivity contribution is -0.905. The largest absolute Gasteiger partial charge is 0.436 e. The molecule has 0 saturated heterocycles. The Morgan fingerprint density at radius 3 is 2.47 bits per heavy atom. The number of quaternary nitrogens is 1. The van der Waals surface area contributed by atoms with Gasteiger partial charge in [-0.25, -0.2) is 4.98 Å². The number of aliphatic hydroxyl groups is 1. The Hall–Kier alpha value is -3.00. The van der Waals surface area contributed by atoms with Crippen LogP contribution in [0.5, 0.6) is 0 Å². The van der Waals surface area contributed by atoms with Crippen LogP contribution in [-0.2, 0) is 23.5 Å². The molecule has 3 aromatic rings. The second-order valence-corrected chi connectivity index (χ2v) is 10.5. The summed E-state index contributed by atoms with van der Waals surface area (Å²) in [6.07, 6.45) is 7.14. The van der Waals surface area contributed by atoms with Gasteiger partial charge in [0.1, 0.15) is 13.1 Å². The van der Waals surface area contributed by atoms with Gasteiger partial charge in [0.25, 0.3) is 0 Å². The van der Waals surface area contributed by atoms with E-state index in [1.807, 2.05) is 42.5 Å². The third-order valence-corrected chi connectivity index (χ3v) is 7.22. The average molecular weight is 493 g/mol. The maximum Gasteiger partial charge on any atom is 0.248 e. The van der Waals surface area contributed by atoms with Gasteiger partial charge in [-0.1, -0.05) is 61.7 Å². The van der Waals surface area contributed by atoms with Gasteiger partial charge in [0.15, 0.2) is 11.4 Å². The number of hydrogen-bond donors (Lipinski definition) is 2. The van der Waals surface area contributed by atoms with Crippen LogP contribution in [0.15, 0.2) is 65.2 Å². The van der Waals surface area contributed by atoms with Crippen molar-refractivity contribution >= 4 is 5.91 Å². The zero-order valence-electron chi connectivity index (χ0n) is 21.4. The van der Waals surface area contributed by atoms with Gasteiger partial charge in [-0.2, -0.15) is 0 Å². The molecule has 1 aromatic heterocycles.